The molecule has 0 bridgehead atoms. The van der Waals surface area contributed by atoms with E-state index < -0.39 is 18.1 Å². The highest BCUT2D eigenvalue weighted by atomic mass is 16.5. The van der Waals surface area contributed by atoms with Crippen molar-refractivity contribution in [3.63, 3.8) is 0 Å². The number of hydrogen-bond acceptors (Lipinski definition) is 4. The van der Waals surface area contributed by atoms with E-state index >= 15 is 0 Å². The van der Waals surface area contributed by atoms with Crippen molar-refractivity contribution in [3.05, 3.63) is 29.8 Å². The Morgan fingerprint density at radius 3 is 2.95 bits per heavy atom. The molecule has 2 N–H and O–H groups in total. The first-order chi connectivity index (χ1) is 9.52. The molecule has 0 amide bonds. The minimum absolute atomic E-state index is 0.116. The van der Waals surface area contributed by atoms with Crippen molar-refractivity contribution in [2.75, 3.05) is 20.2 Å². The summed E-state index contributed by atoms with van der Waals surface area (Å²) in [5, 5.41) is 19.6. The molecule has 1 aliphatic heterocycles. The zero-order valence-corrected chi connectivity index (χ0v) is 11.8. The van der Waals surface area contributed by atoms with Crippen molar-refractivity contribution in [3.8, 4) is 5.75 Å². The topological polar surface area (TPSA) is 70.0 Å². The number of benzene rings is 1. The Kier molecular flexibility index (Phi) is 4.62. The lowest BCUT2D eigenvalue weighted by molar-refractivity contribution is -0.143. The van der Waals surface area contributed by atoms with Crippen molar-refractivity contribution < 1.29 is 19.7 Å². The highest BCUT2D eigenvalue weighted by Crippen LogP contribution is 2.27. The first-order valence-electron chi connectivity index (χ1n) is 6.81. The van der Waals surface area contributed by atoms with Gasteiger partial charge in [0.15, 0.2) is 0 Å². The molecule has 0 saturated carbocycles. The van der Waals surface area contributed by atoms with Crippen LogP contribution in [0.25, 0.3) is 0 Å². The van der Waals surface area contributed by atoms with Crippen LogP contribution in [0.15, 0.2) is 24.3 Å². The lowest BCUT2D eigenvalue weighted by Crippen LogP contribution is -2.41. The Balaban J connectivity index is 2.07. The van der Waals surface area contributed by atoms with E-state index in [1.807, 2.05) is 30.0 Å². The van der Waals surface area contributed by atoms with Gasteiger partial charge in [-0.2, -0.15) is 0 Å². The van der Waals surface area contributed by atoms with Crippen LogP contribution in [-0.4, -0.2) is 47.3 Å². The number of carboxylic acids is 1. The lowest BCUT2D eigenvalue weighted by atomic mass is 10.0. The summed E-state index contributed by atoms with van der Waals surface area (Å²) in [6.45, 7) is 2.98. The molecule has 3 unspecified atom stereocenters. The van der Waals surface area contributed by atoms with E-state index in [0.717, 1.165) is 12.0 Å². The standard InChI is InChI=1S/C15H21NO4/c1-10-6-7-16(14(10)15(18)19)9-13(17)11-4-3-5-12(8-11)20-2/h3-5,8,10,13-14,17H,6-7,9H2,1-2H3,(H,18,19). The number of β-amino-alcohol motifs (C(OH)–C–C–N with tert-alkyl or cyclic N) is 1. The summed E-state index contributed by atoms with van der Waals surface area (Å²) in [6, 6.07) is 6.73. The maximum Gasteiger partial charge on any atom is 0.321 e. The van der Waals surface area contributed by atoms with Gasteiger partial charge in [-0.3, -0.25) is 9.69 Å². The van der Waals surface area contributed by atoms with Crippen molar-refractivity contribution in [1.82, 2.24) is 4.90 Å². The molecule has 1 aromatic carbocycles. The fraction of sp³-hybridized carbons (Fsp3) is 0.533. The number of carbonyl (C=O) groups is 1. The van der Waals surface area contributed by atoms with Crippen molar-refractivity contribution in [2.24, 2.45) is 5.92 Å². The van der Waals surface area contributed by atoms with Gasteiger partial charge in [0.2, 0.25) is 0 Å². The fourth-order valence-corrected chi connectivity index (χ4v) is 2.81. The third-order valence-electron chi connectivity index (χ3n) is 3.94. The summed E-state index contributed by atoms with van der Waals surface area (Å²) >= 11 is 0. The van der Waals surface area contributed by atoms with Crippen LogP contribution < -0.4 is 4.74 Å². The molecule has 5 nitrogen and oxygen atoms in total. The van der Waals surface area contributed by atoms with Crippen LogP contribution in [0.5, 0.6) is 5.75 Å². The molecule has 1 aliphatic rings. The molecule has 0 radical (unpaired) electrons. The normalized spacial score (nSPS) is 24.6. The van der Waals surface area contributed by atoms with Crippen molar-refractivity contribution in [1.29, 1.82) is 0 Å². The van der Waals surface area contributed by atoms with Gasteiger partial charge in [-0.1, -0.05) is 19.1 Å². The maximum atomic E-state index is 11.3. The van der Waals surface area contributed by atoms with Crippen LogP contribution >= 0.6 is 0 Å². The summed E-state index contributed by atoms with van der Waals surface area (Å²) in [5.41, 5.74) is 0.744. The predicted octanol–water partition coefficient (Wildman–Crippen LogP) is 1.52. The average Bonchev–Trinajstić information content (AvgIpc) is 2.79. The molecule has 1 aromatic rings. The quantitative estimate of drug-likeness (QED) is 0.855. The minimum Gasteiger partial charge on any atom is -0.497 e. The van der Waals surface area contributed by atoms with Crippen LogP contribution in [0.4, 0.5) is 0 Å². The number of aliphatic carboxylic acids is 1. The molecule has 2 rings (SSSR count). The molecule has 1 saturated heterocycles. The largest absolute Gasteiger partial charge is 0.497 e. The maximum absolute atomic E-state index is 11.3. The number of aliphatic hydroxyl groups is 1. The fourth-order valence-electron chi connectivity index (χ4n) is 2.81. The Labute approximate surface area is 118 Å². The Morgan fingerprint density at radius 1 is 1.55 bits per heavy atom. The number of rotatable bonds is 5. The number of nitrogens with zero attached hydrogens (tertiary/aromatic N) is 1. The van der Waals surface area contributed by atoms with E-state index in [1.165, 1.54) is 0 Å². The summed E-state index contributed by atoms with van der Waals surface area (Å²) < 4.78 is 5.13. The van der Waals surface area contributed by atoms with E-state index in [-0.39, 0.29) is 5.92 Å². The van der Waals surface area contributed by atoms with Gasteiger partial charge in [-0.05, 0) is 36.6 Å². The Hall–Kier alpha value is -1.59. The van der Waals surface area contributed by atoms with Gasteiger partial charge in [-0.25, -0.2) is 0 Å². The molecule has 1 fully saturated rings. The van der Waals surface area contributed by atoms with Gasteiger partial charge in [0, 0.05) is 6.54 Å². The van der Waals surface area contributed by atoms with Gasteiger partial charge in [0.1, 0.15) is 11.8 Å². The number of carboxylic acid groups (broad SMARTS) is 1. The first kappa shape index (κ1) is 14.8. The third kappa shape index (κ3) is 3.11. The Bertz CT molecular complexity index is 477. The summed E-state index contributed by atoms with van der Waals surface area (Å²) in [7, 11) is 1.58. The van der Waals surface area contributed by atoms with E-state index in [9.17, 15) is 15.0 Å². The highest BCUT2D eigenvalue weighted by Gasteiger charge is 2.37. The second-order valence-corrected chi connectivity index (χ2v) is 5.34. The molecule has 5 heteroatoms. The van der Waals surface area contributed by atoms with E-state index in [1.54, 1.807) is 13.2 Å². The molecule has 3 atom stereocenters. The number of methoxy groups -OCH3 is 1. The zero-order chi connectivity index (χ0) is 14.7. The summed E-state index contributed by atoms with van der Waals surface area (Å²) in [5.74, 6) is -0.0102. The van der Waals surface area contributed by atoms with E-state index in [4.69, 9.17) is 4.74 Å². The second-order valence-electron chi connectivity index (χ2n) is 5.34. The van der Waals surface area contributed by atoms with Gasteiger partial charge in [0.05, 0.1) is 13.2 Å². The summed E-state index contributed by atoms with van der Waals surface area (Å²) in [6.07, 6.45) is 0.138. The lowest BCUT2D eigenvalue weighted by Gasteiger charge is -2.25. The van der Waals surface area contributed by atoms with Gasteiger partial charge in [0.25, 0.3) is 0 Å². The molecule has 0 aromatic heterocycles. The average molecular weight is 279 g/mol. The Morgan fingerprint density at radius 2 is 2.30 bits per heavy atom. The predicted molar refractivity (Wildman–Crippen MR) is 74.7 cm³/mol. The number of aliphatic hydroxyl groups excluding tert-OH is 1. The van der Waals surface area contributed by atoms with Gasteiger partial charge < -0.3 is 14.9 Å². The molecule has 110 valence electrons. The summed E-state index contributed by atoms with van der Waals surface area (Å²) in [4.78, 5) is 13.1. The van der Waals surface area contributed by atoms with Crippen LogP contribution in [0.3, 0.4) is 0 Å². The molecular weight excluding hydrogens is 258 g/mol. The number of ether oxygens (including phenoxy) is 1. The van der Waals surface area contributed by atoms with E-state index in [2.05, 4.69) is 0 Å². The molecule has 1 heterocycles. The number of hydrogen-bond donors (Lipinski definition) is 2. The van der Waals surface area contributed by atoms with Crippen LogP contribution in [0.1, 0.15) is 25.0 Å². The molecule has 0 aliphatic carbocycles. The third-order valence-corrected chi connectivity index (χ3v) is 3.94. The van der Waals surface area contributed by atoms with Crippen LogP contribution in [0.2, 0.25) is 0 Å². The SMILES string of the molecule is COc1cccc(C(O)CN2CCC(C)C2C(=O)O)c1. The highest BCUT2D eigenvalue weighted by molar-refractivity contribution is 5.74. The van der Waals surface area contributed by atoms with Gasteiger partial charge in [-0.15, -0.1) is 0 Å². The molecule has 0 spiro atoms. The second kappa shape index (κ2) is 6.24. The smallest absolute Gasteiger partial charge is 0.321 e. The van der Waals surface area contributed by atoms with Crippen molar-refractivity contribution in [2.45, 2.75) is 25.5 Å². The zero-order valence-electron chi connectivity index (χ0n) is 11.8. The first-order valence-corrected chi connectivity index (χ1v) is 6.81. The monoisotopic (exact) mass is 279 g/mol. The van der Waals surface area contributed by atoms with Crippen molar-refractivity contribution >= 4 is 5.97 Å². The van der Waals surface area contributed by atoms with Gasteiger partial charge >= 0.3 is 5.97 Å². The van der Waals surface area contributed by atoms with Crippen LogP contribution in [0, 0.1) is 5.92 Å². The molecular formula is C15H21NO4. The van der Waals surface area contributed by atoms with E-state index in [0.29, 0.717) is 18.8 Å². The minimum atomic E-state index is -0.812. The molecule has 20 heavy (non-hydrogen) atoms. The number of likely N-dealkylation sites (tertiary alicyclic amines) is 1. The van der Waals surface area contributed by atoms with Crippen LogP contribution in [-0.2, 0) is 4.79 Å².